The van der Waals surface area contributed by atoms with Crippen LogP contribution in [0.25, 0.3) is 5.70 Å². The molecular weight excluding hydrogens is 505 g/mol. The first-order chi connectivity index (χ1) is 16.4. The first kappa shape index (κ1) is 25.1. The van der Waals surface area contributed by atoms with Gasteiger partial charge in [0, 0.05) is 36.5 Å². The summed E-state index contributed by atoms with van der Waals surface area (Å²) in [5.41, 5.74) is 1.12. The number of likely N-dealkylation sites (tertiary alicyclic amines) is 1. The van der Waals surface area contributed by atoms with Gasteiger partial charge >= 0.3 is 0 Å². The maximum atomic E-state index is 14.4. The molecule has 7 nitrogen and oxygen atoms in total. The van der Waals surface area contributed by atoms with E-state index in [-0.39, 0.29) is 52.3 Å². The summed E-state index contributed by atoms with van der Waals surface area (Å²) >= 11 is 6.40. The predicted molar refractivity (Wildman–Crippen MR) is 128 cm³/mol. The van der Waals surface area contributed by atoms with Crippen LogP contribution in [-0.4, -0.2) is 56.3 Å². The van der Waals surface area contributed by atoms with Crippen molar-refractivity contribution in [2.75, 3.05) is 30.2 Å². The lowest BCUT2D eigenvalue weighted by Gasteiger charge is -2.37. The van der Waals surface area contributed by atoms with E-state index in [1.54, 1.807) is 14.0 Å². The highest BCUT2D eigenvalue weighted by Crippen LogP contribution is 2.36. The van der Waals surface area contributed by atoms with E-state index in [9.17, 15) is 26.4 Å². The molecule has 2 heterocycles. The molecule has 0 aromatic heterocycles. The lowest BCUT2D eigenvalue weighted by molar-refractivity contribution is 0.0728. The minimum Gasteiger partial charge on any atom is -0.387 e. The molecule has 2 aromatic carbocycles. The molecule has 186 valence electrons. The van der Waals surface area contributed by atoms with E-state index >= 15 is 0 Å². The average molecular weight is 527 g/mol. The van der Waals surface area contributed by atoms with Crippen molar-refractivity contribution in [1.82, 2.24) is 10.2 Å². The summed E-state index contributed by atoms with van der Waals surface area (Å²) in [4.78, 5) is 16.1. The molecule has 12 heteroatoms. The number of amides is 1. The van der Waals surface area contributed by atoms with E-state index in [2.05, 4.69) is 5.32 Å². The molecule has 0 aliphatic carbocycles. The number of sulfone groups is 1. The fourth-order valence-corrected chi connectivity index (χ4v) is 5.83. The van der Waals surface area contributed by atoms with Crippen molar-refractivity contribution in [3.05, 3.63) is 69.5 Å². The molecule has 4 rings (SSSR count). The van der Waals surface area contributed by atoms with Gasteiger partial charge in [-0.1, -0.05) is 11.6 Å². The molecule has 0 spiro atoms. The van der Waals surface area contributed by atoms with Crippen molar-refractivity contribution in [1.29, 1.82) is 5.41 Å². The van der Waals surface area contributed by atoms with Crippen LogP contribution in [0.5, 0.6) is 0 Å². The maximum absolute atomic E-state index is 14.4. The molecule has 1 amide bonds. The van der Waals surface area contributed by atoms with Gasteiger partial charge in [0.25, 0.3) is 5.91 Å². The Morgan fingerprint density at radius 3 is 2.26 bits per heavy atom. The highest BCUT2D eigenvalue weighted by atomic mass is 35.5. The first-order valence-electron chi connectivity index (χ1n) is 10.6. The molecule has 2 N–H and O–H groups in total. The number of hydrogen-bond donors (Lipinski definition) is 2. The van der Waals surface area contributed by atoms with Crippen molar-refractivity contribution >= 4 is 44.4 Å². The Morgan fingerprint density at radius 1 is 1.09 bits per heavy atom. The number of carbonyl (C=O) groups is 1. The van der Waals surface area contributed by atoms with Crippen molar-refractivity contribution < 1.29 is 26.4 Å². The monoisotopic (exact) mass is 526 g/mol. The lowest BCUT2D eigenvalue weighted by atomic mass is 9.90. The van der Waals surface area contributed by atoms with E-state index in [1.807, 2.05) is 0 Å². The van der Waals surface area contributed by atoms with Crippen LogP contribution in [0.2, 0.25) is 5.02 Å². The van der Waals surface area contributed by atoms with Crippen LogP contribution in [0.4, 0.5) is 18.9 Å². The van der Waals surface area contributed by atoms with Gasteiger partial charge < -0.3 is 20.5 Å². The molecule has 2 saturated heterocycles. The Morgan fingerprint density at radius 2 is 1.69 bits per heavy atom. The van der Waals surface area contributed by atoms with Crippen molar-refractivity contribution in [3.63, 3.8) is 0 Å². The van der Waals surface area contributed by atoms with E-state index in [4.69, 9.17) is 17.0 Å². The second-order valence-electron chi connectivity index (χ2n) is 8.43. The van der Waals surface area contributed by atoms with Gasteiger partial charge in [-0.15, -0.1) is 0 Å². The molecule has 1 atom stereocenters. The van der Waals surface area contributed by atoms with Gasteiger partial charge in [-0.2, -0.15) is 0 Å². The molecule has 0 saturated carbocycles. The first-order valence-corrected chi connectivity index (χ1v) is 12.8. The van der Waals surface area contributed by atoms with Crippen LogP contribution in [-0.2, 0) is 9.84 Å². The summed E-state index contributed by atoms with van der Waals surface area (Å²) in [5.74, 6) is -3.52. The number of nitrogens with one attached hydrogen (secondary N) is 2. The SMILES string of the molecule is CN/C(=C1/CCN(C(=O)c2cc(F)cc(N3CS(=O)(=O)C3)c2Cl)[C@@H](C)C1=N)c1cc(F)cc(F)c1. The number of carbonyl (C=O) groups excluding carboxylic acids is 1. The van der Waals surface area contributed by atoms with E-state index in [1.165, 1.54) is 9.80 Å². The zero-order valence-corrected chi connectivity index (χ0v) is 20.4. The van der Waals surface area contributed by atoms with E-state index < -0.39 is 39.2 Å². The minimum atomic E-state index is -3.26. The maximum Gasteiger partial charge on any atom is 0.256 e. The summed E-state index contributed by atoms with van der Waals surface area (Å²) in [6.07, 6.45) is 0.202. The molecule has 2 fully saturated rings. The van der Waals surface area contributed by atoms with Crippen LogP contribution < -0.4 is 10.2 Å². The summed E-state index contributed by atoms with van der Waals surface area (Å²) in [7, 11) is -1.69. The normalized spacial score (nSPS) is 21.0. The van der Waals surface area contributed by atoms with Crippen LogP contribution in [0, 0.1) is 22.9 Å². The van der Waals surface area contributed by atoms with Crippen molar-refractivity contribution in [3.8, 4) is 0 Å². The Bertz CT molecular complexity index is 1350. The number of piperidine rings is 1. The molecule has 2 aliphatic rings. The Kier molecular flexibility index (Phi) is 6.58. The smallest absolute Gasteiger partial charge is 0.256 e. The number of nitrogens with zero attached hydrogens (tertiary/aromatic N) is 2. The minimum absolute atomic E-state index is 0.0557. The topological polar surface area (TPSA) is 93.6 Å². The highest BCUT2D eigenvalue weighted by Gasteiger charge is 2.36. The number of halogens is 4. The summed E-state index contributed by atoms with van der Waals surface area (Å²) < 4.78 is 65.0. The standard InChI is InChI=1S/C23H22ClF3N4O3S/c1-12-21(28)17(22(29-2)13-5-14(25)7-15(26)6-13)3-4-31(12)23(32)18-8-16(27)9-19(20(18)24)30-10-35(33,34)11-30/h5-9,12,28-29H,3-4,10-11H2,1-2H3/b22-17-,28-21?/t12-/m0/s1. The van der Waals surface area contributed by atoms with Gasteiger partial charge in [-0.05, 0) is 37.6 Å². The van der Waals surface area contributed by atoms with Crippen LogP contribution in [0.1, 0.15) is 29.3 Å². The average Bonchev–Trinajstić information content (AvgIpc) is 2.76. The molecule has 0 radical (unpaired) electrons. The molecule has 0 bridgehead atoms. The molecule has 35 heavy (non-hydrogen) atoms. The Balaban J connectivity index is 1.64. The van der Waals surface area contributed by atoms with Crippen LogP contribution >= 0.6 is 11.6 Å². The third-order valence-electron chi connectivity index (χ3n) is 6.07. The number of hydrogen-bond acceptors (Lipinski definition) is 6. The Labute approximate surface area is 205 Å². The third-order valence-corrected chi connectivity index (χ3v) is 7.88. The predicted octanol–water partition coefficient (Wildman–Crippen LogP) is 3.79. The van der Waals surface area contributed by atoms with Gasteiger partial charge in [0.15, 0.2) is 9.84 Å². The molecular formula is C23H22ClF3N4O3S. The second-order valence-corrected chi connectivity index (χ2v) is 10.8. The second kappa shape index (κ2) is 9.19. The molecule has 0 unspecified atom stereocenters. The zero-order valence-electron chi connectivity index (χ0n) is 18.8. The quantitative estimate of drug-likeness (QED) is 0.632. The fourth-order valence-electron chi connectivity index (χ4n) is 4.36. The highest BCUT2D eigenvalue weighted by molar-refractivity contribution is 7.93. The zero-order chi connectivity index (χ0) is 25.7. The summed E-state index contributed by atoms with van der Waals surface area (Å²) in [6.45, 7) is 1.76. The van der Waals surface area contributed by atoms with Crippen LogP contribution in [0.15, 0.2) is 35.9 Å². The van der Waals surface area contributed by atoms with Crippen molar-refractivity contribution in [2.45, 2.75) is 19.4 Å². The number of rotatable bonds is 4. The van der Waals surface area contributed by atoms with Gasteiger partial charge in [-0.3, -0.25) is 4.79 Å². The van der Waals surface area contributed by atoms with Gasteiger partial charge in [0.1, 0.15) is 29.2 Å². The van der Waals surface area contributed by atoms with Gasteiger partial charge in [0.05, 0.1) is 28.0 Å². The molecule has 2 aliphatic heterocycles. The van der Waals surface area contributed by atoms with Crippen molar-refractivity contribution in [2.24, 2.45) is 0 Å². The third kappa shape index (κ3) is 4.74. The van der Waals surface area contributed by atoms with Crippen LogP contribution in [0.3, 0.4) is 0 Å². The number of anilines is 1. The summed E-state index contributed by atoms with van der Waals surface area (Å²) in [5, 5.41) is 11.5. The molecule has 2 aromatic rings. The Hall–Kier alpha value is -3.05. The van der Waals surface area contributed by atoms with Gasteiger partial charge in [-0.25, -0.2) is 21.6 Å². The lowest BCUT2D eigenvalue weighted by Crippen LogP contribution is -2.49. The largest absolute Gasteiger partial charge is 0.387 e. The van der Waals surface area contributed by atoms with Gasteiger partial charge in [0.2, 0.25) is 0 Å². The van der Waals surface area contributed by atoms with E-state index in [0.29, 0.717) is 11.3 Å². The van der Waals surface area contributed by atoms with E-state index in [0.717, 1.165) is 30.3 Å². The summed E-state index contributed by atoms with van der Waals surface area (Å²) in [6, 6.07) is 4.37. The number of benzene rings is 2. The fraction of sp³-hybridized carbons (Fsp3) is 0.304.